The van der Waals surface area contributed by atoms with Gasteiger partial charge in [-0.25, -0.2) is 9.18 Å². The Morgan fingerprint density at radius 2 is 2.21 bits per heavy atom. The average molecular weight is 215 g/mol. The zero-order valence-corrected chi connectivity index (χ0v) is 8.18. The van der Waals surface area contributed by atoms with E-state index in [2.05, 4.69) is 0 Å². The Labute approximate surface area is 85.6 Å². The number of aliphatic carboxylic acids is 1. The maximum atomic E-state index is 13.3. The van der Waals surface area contributed by atoms with Gasteiger partial charge in [0.1, 0.15) is 5.82 Å². The van der Waals surface area contributed by atoms with E-state index in [9.17, 15) is 9.18 Å². The summed E-state index contributed by atoms with van der Waals surface area (Å²) in [4.78, 5) is 10.2. The van der Waals surface area contributed by atoms with E-state index in [0.717, 1.165) is 11.6 Å². The predicted molar refractivity (Wildman–Crippen MR) is 52.8 cm³/mol. The van der Waals surface area contributed by atoms with Gasteiger partial charge in [-0.3, -0.25) is 0 Å². The number of rotatable bonds is 2. The SMILES string of the molecule is Cc1cc(Cl)c(F)c(/C=C/C(=O)O)c1. The van der Waals surface area contributed by atoms with E-state index in [1.807, 2.05) is 0 Å². The second-order valence-electron chi connectivity index (χ2n) is 2.82. The molecule has 0 radical (unpaired) electrons. The van der Waals surface area contributed by atoms with Crippen LogP contribution in [-0.4, -0.2) is 11.1 Å². The van der Waals surface area contributed by atoms with Gasteiger partial charge in [-0.2, -0.15) is 0 Å². The van der Waals surface area contributed by atoms with E-state index in [4.69, 9.17) is 16.7 Å². The highest BCUT2D eigenvalue weighted by Crippen LogP contribution is 2.21. The van der Waals surface area contributed by atoms with Crippen LogP contribution in [0, 0.1) is 12.7 Å². The Balaban J connectivity index is 3.14. The van der Waals surface area contributed by atoms with Gasteiger partial charge in [-0.15, -0.1) is 0 Å². The fourth-order valence-corrected chi connectivity index (χ4v) is 1.32. The molecule has 14 heavy (non-hydrogen) atoms. The summed E-state index contributed by atoms with van der Waals surface area (Å²) in [6, 6.07) is 3.01. The minimum absolute atomic E-state index is 0.00459. The summed E-state index contributed by atoms with van der Waals surface area (Å²) in [5.41, 5.74) is 0.957. The van der Waals surface area contributed by atoms with Crippen LogP contribution in [0.4, 0.5) is 4.39 Å². The van der Waals surface area contributed by atoms with Crippen LogP contribution in [0.15, 0.2) is 18.2 Å². The van der Waals surface area contributed by atoms with Crippen LogP contribution in [-0.2, 0) is 4.79 Å². The summed E-state index contributed by atoms with van der Waals surface area (Å²) >= 11 is 5.58. The third kappa shape index (κ3) is 2.57. The molecule has 0 aliphatic heterocycles. The van der Waals surface area contributed by atoms with Crippen LogP contribution in [0.1, 0.15) is 11.1 Å². The molecule has 0 unspecified atom stereocenters. The van der Waals surface area contributed by atoms with Gasteiger partial charge < -0.3 is 5.11 Å². The number of hydrogen-bond donors (Lipinski definition) is 1. The number of hydrogen-bond acceptors (Lipinski definition) is 1. The van der Waals surface area contributed by atoms with Gasteiger partial charge in [0.15, 0.2) is 0 Å². The number of halogens is 2. The molecule has 0 fully saturated rings. The van der Waals surface area contributed by atoms with E-state index < -0.39 is 11.8 Å². The Hall–Kier alpha value is -1.35. The molecule has 0 saturated heterocycles. The summed E-state index contributed by atoms with van der Waals surface area (Å²) < 4.78 is 13.3. The highest BCUT2D eigenvalue weighted by molar-refractivity contribution is 6.31. The van der Waals surface area contributed by atoms with E-state index in [-0.39, 0.29) is 10.6 Å². The topological polar surface area (TPSA) is 37.3 Å². The molecular weight excluding hydrogens is 207 g/mol. The molecule has 4 heteroatoms. The molecule has 0 aliphatic carbocycles. The van der Waals surface area contributed by atoms with E-state index in [0.29, 0.717) is 0 Å². The minimum Gasteiger partial charge on any atom is -0.478 e. The third-order valence-electron chi connectivity index (χ3n) is 1.61. The van der Waals surface area contributed by atoms with Crippen molar-refractivity contribution in [2.24, 2.45) is 0 Å². The lowest BCUT2D eigenvalue weighted by Gasteiger charge is -2.01. The normalized spacial score (nSPS) is 10.8. The average Bonchev–Trinajstić information content (AvgIpc) is 2.08. The zero-order valence-electron chi connectivity index (χ0n) is 7.42. The van der Waals surface area contributed by atoms with Crippen molar-refractivity contribution in [1.29, 1.82) is 0 Å². The number of carbonyl (C=O) groups is 1. The van der Waals surface area contributed by atoms with Crippen molar-refractivity contribution in [3.8, 4) is 0 Å². The largest absolute Gasteiger partial charge is 0.478 e. The van der Waals surface area contributed by atoms with Crippen molar-refractivity contribution in [2.45, 2.75) is 6.92 Å². The van der Waals surface area contributed by atoms with Crippen molar-refractivity contribution in [3.63, 3.8) is 0 Å². The predicted octanol–water partition coefficient (Wildman–Crippen LogP) is 2.89. The van der Waals surface area contributed by atoms with Crippen molar-refractivity contribution >= 4 is 23.6 Å². The standard InChI is InChI=1S/C10H8ClFO2/c1-6-4-7(2-3-9(13)14)10(12)8(11)5-6/h2-5H,1H3,(H,13,14)/b3-2+. The van der Waals surface area contributed by atoms with E-state index in [1.165, 1.54) is 18.2 Å². The summed E-state index contributed by atoms with van der Waals surface area (Å²) in [7, 11) is 0. The summed E-state index contributed by atoms with van der Waals surface area (Å²) in [5, 5.41) is 8.36. The fraction of sp³-hybridized carbons (Fsp3) is 0.100. The van der Waals surface area contributed by atoms with Crippen molar-refractivity contribution in [2.75, 3.05) is 0 Å². The second kappa shape index (κ2) is 4.24. The van der Waals surface area contributed by atoms with Gasteiger partial charge in [0.25, 0.3) is 0 Å². The molecule has 0 atom stereocenters. The Kier molecular flexibility index (Phi) is 3.25. The first-order valence-corrected chi connectivity index (χ1v) is 4.25. The van der Waals surface area contributed by atoms with E-state index >= 15 is 0 Å². The van der Waals surface area contributed by atoms with Crippen LogP contribution in [0.2, 0.25) is 5.02 Å². The molecular formula is C10H8ClFO2. The number of carboxylic acid groups (broad SMARTS) is 1. The maximum absolute atomic E-state index is 13.3. The lowest BCUT2D eigenvalue weighted by atomic mass is 10.1. The number of aryl methyl sites for hydroxylation is 1. The van der Waals surface area contributed by atoms with Crippen molar-refractivity contribution in [3.05, 3.63) is 40.2 Å². The molecule has 74 valence electrons. The summed E-state index contributed by atoms with van der Waals surface area (Å²) in [6.45, 7) is 1.75. The van der Waals surface area contributed by atoms with Crippen LogP contribution >= 0.6 is 11.6 Å². The first-order chi connectivity index (χ1) is 6.50. The van der Waals surface area contributed by atoms with Gasteiger partial charge in [0.05, 0.1) is 5.02 Å². The highest BCUT2D eigenvalue weighted by Gasteiger charge is 2.05. The summed E-state index contributed by atoms with van der Waals surface area (Å²) in [5.74, 6) is -1.73. The Morgan fingerprint density at radius 1 is 1.57 bits per heavy atom. The van der Waals surface area contributed by atoms with Crippen LogP contribution in [0.25, 0.3) is 6.08 Å². The minimum atomic E-state index is -1.12. The summed E-state index contributed by atoms with van der Waals surface area (Å²) in [6.07, 6.45) is 2.05. The fourth-order valence-electron chi connectivity index (χ4n) is 1.03. The van der Waals surface area contributed by atoms with Crippen LogP contribution in [0.5, 0.6) is 0 Å². The zero-order chi connectivity index (χ0) is 10.7. The van der Waals surface area contributed by atoms with Gasteiger partial charge >= 0.3 is 5.97 Å². The second-order valence-corrected chi connectivity index (χ2v) is 3.23. The van der Waals surface area contributed by atoms with Gasteiger partial charge in [-0.05, 0) is 30.7 Å². The molecule has 2 nitrogen and oxygen atoms in total. The molecule has 1 N–H and O–H groups in total. The molecule has 0 saturated carbocycles. The van der Waals surface area contributed by atoms with Crippen molar-refractivity contribution < 1.29 is 14.3 Å². The number of benzene rings is 1. The van der Waals surface area contributed by atoms with E-state index in [1.54, 1.807) is 6.92 Å². The molecule has 1 aromatic rings. The molecule has 0 spiro atoms. The van der Waals surface area contributed by atoms with Gasteiger partial charge in [0.2, 0.25) is 0 Å². The molecule has 0 bridgehead atoms. The smallest absolute Gasteiger partial charge is 0.328 e. The third-order valence-corrected chi connectivity index (χ3v) is 1.88. The lowest BCUT2D eigenvalue weighted by Crippen LogP contribution is -1.89. The lowest BCUT2D eigenvalue weighted by molar-refractivity contribution is -0.131. The molecule has 1 rings (SSSR count). The van der Waals surface area contributed by atoms with Crippen molar-refractivity contribution in [1.82, 2.24) is 0 Å². The van der Waals surface area contributed by atoms with Crippen LogP contribution in [0.3, 0.4) is 0 Å². The maximum Gasteiger partial charge on any atom is 0.328 e. The van der Waals surface area contributed by atoms with Gasteiger partial charge in [-0.1, -0.05) is 11.6 Å². The highest BCUT2D eigenvalue weighted by atomic mass is 35.5. The first kappa shape index (κ1) is 10.7. The monoisotopic (exact) mass is 214 g/mol. The number of carboxylic acids is 1. The van der Waals surface area contributed by atoms with Crippen LogP contribution < -0.4 is 0 Å². The molecule has 0 heterocycles. The Bertz CT molecular complexity index is 399. The molecule has 0 aromatic heterocycles. The molecule has 0 amide bonds. The Morgan fingerprint density at radius 3 is 2.79 bits per heavy atom. The first-order valence-electron chi connectivity index (χ1n) is 3.87. The molecule has 0 aliphatic rings. The quantitative estimate of drug-likeness (QED) is 0.769. The van der Waals surface area contributed by atoms with Gasteiger partial charge in [0, 0.05) is 11.6 Å². The molecule has 1 aromatic carbocycles.